The van der Waals surface area contributed by atoms with E-state index in [2.05, 4.69) is 23.6 Å². The molecule has 0 saturated carbocycles. The maximum Gasteiger partial charge on any atom is 0.227 e. The Morgan fingerprint density at radius 2 is 1.88 bits per heavy atom. The molecular weight excluding hydrogens is 417 g/mol. The highest BCUT2D eigenvalue weighted by atomic mass is 19.1. The molecule has 168 valence electrons. The number of aromatic nitrogens is 2. The molecule has 1 atom stereocenters. The lowest BCUT2D eigenvalue weighted by Gasteiger charge is -2.17. The van der Waals surface area contributed by atoms with Crippen LogP contribution in [0, 0.1) is 12.7 Å². The van der Waals surface area contributed by atoms with E-state index in [-0.39, 0.29) is 17.6 Å². The highest BCUT2D eigenvalue weighted by molar-refractivity contribution is 5.96. The number of amides is 1. The molecule has 1 fully saturated rings. The zero-order valence-electron chi connectivity index (χ0n) is 18.6. The Labute approximate surface area is 192 Å². The minimum Gasteiger partial charge on any atom is -0.494 e. The molecule has 0 aliphatic carbocycles. The summed E-state index contributed by atoms with van der Waals surface area (Å²) in [6.45, 7) is 3.94. The molecule has 5 rings (SSSR count). The summed E-state index contributed by atoms with van der Waals surface area (Å²) in [7, 11) is 0. The van der Waals surface area contributed by atoms with Crippen molar-refractivity contribution in [1.29, 1.82) is 0 Å². The molecule has 0 N–H and O–H groups in total. The molecule has 33 heavy (non-hydrogen) atoms. The van der Waals surface area contributed by atoms with E-state index in [1.807, 2.05) is 36.4 Å². The molecule has 6 heteroatoms. The van der Waals surface area contributed by atoms with Crippen LogP contribution in [0.4, 0.5) is 10.1 Å². The van der Waals surface area contributed by atoms with Gasteiger partial charge in [-0.15, -0.1) is 0 Å². The number of hydrogen-bond acceptors (Lipinski definition) is 3. The van der Waals surface area contributed by atoms with E-state index in [9.17, 15) is 9.18 Å². The van der Waals surface area contributed by atoms with Gasteiger partial charge >= 0.3 is 0 Å². The number of ether oxygens (including phenoxy) is 1. The number of carbonyl (C=O) groups is 1. The van der Waals surface area contributed by atoms with Crippen LogP contribution in [-0.2, 0) is 11.3 Å². The highest BCUT2D eigenvalue weighted by Gasteiger charge is 2.34. The molecule has 5 nitrogen and oxygen atoms in total. The lowest BCUT2D eigenvalue weighted by molar-refractivity contribution is -0.117. The minimum atomic E-state index is -0.309. The number of nitrogens with zero attached hydrogens (tertiary/aromatic N) is 3. The second kappa shape index (κ2) is 9.06. The van der Waals surface area contributed by atoms with Gasteiger partial charge in [-0.1, -0.05) is 24.3 Å². The van der Waals surface area contributed by atoms with Crippen molar-refractivity contribution in [1.82, 2.24) is 9.55 Å². The Hall–Kier alpha value is -3.67. The van der Waals surface area contributed by atoms with Crippen LogP contribution < -0.4 is 9.64 Å². The standard InChI is InChI=1S/C27H26FN3O2/c1-19-6-4-7-23(16-19)33-15-5-14-30-25-9-3-2-8-24(25)29-27(30)20-17-26(32)31(18-20)22-12-10-21(28)11-13-22/h2-4,6-13,16,20H,5,14-15,17-18H2,1H3. The summed E-state index contributed by atoms with van der Waals surface area (Å²) >= 11 is 0. The van der Waals surface area contributed by atoms with Crippen molar-refractivity contribution in [2.45, 2.75) is 32.2 Å². The molecule has 0 bridgehead atoms. The number of para-hydroxylation sites is 2. The van der Waals surface area contributed by atoms with Gasteiger partial charge < -0.3 is 14.2 Å². The van der Waals surface area contributed by atoms with E-state index < -0.39 is 0 Å². The molecule has 2 heterocycles. The Kier molecular flexibility index (Phi) is 5.82. The lowest BCUT2D eigenvalue weighted by Crippen LogP contribution is -2.24. The fourth-order valence-electron chi connectivity index (χ4n) is 4.51. The van der Waals surface area contributed by atoms with E-state index in [0.29, 0.717) is 19.6 Å². The van der Waals surface area contributed by atoms with E-state index in [1.165, 1.54) is 17.7 Å². The second-order valence-electron chi connectivity index (χ2n) is 8.51. The van der Waals surface area contributed by atoms with E-state index in [1.54, 1.807) is 17.0 Å². The summed E-state index contributed by atoms with van der Waals surface area (Å²) < 4.78 is 21.5. The van der Waals surface area contributed by atoms with Gasteiger partial charge in [0.05, 0.1) is 17.6 Å². The first-order valence-electron chi connectivity index (χ1n) is 11.3. The summed E-state index contributed by atoms with van der Waals surface area (Å²) in [4.78, 5) is 19.4. The molecule has 1 aliphatic heterocycles. The Morgan fingerprint density at radius 1 is 1.06 bits per heavy atom. The average Bonchev–Trinajstić information content (AvgIpc) is 3.38. The number of fused-ring (bicyclic) bond motifs is 1. The Bertz CT molecular complexity index is 1280. The molecule has 1 aromatic heterocycles. The molecule has 4 aromatic rings. The first-order valence-corrected chi connectivity index (χ1v) is 11.3. The molecule has 3 aromatic carbocycles. The third kappa shape index (κ3) is 4.46. The maximum atomic E-state index is 13.3. The van der Waals surface area contributed by atoms with Gasteiger partial charge in [0.1, 0.15) is 17.4 Å². The van der Waals surface area contributed by atoms with Crippen LogP contribution in [0.3, 0.4) is 0 Å². The number of carbonyl (C=O) groups excluding carboxylic acids is 1. The predicted molar refractivity (Wildman–Crippen MR) is 127 cm³/mol. The monoisotopic (exact) mass is 443 g/mol. The van der Waals surface area contributed by atoms with Crippen LogP contribution in [0.2, 0.25) is 0 Å². The Morgan fingerprint density at radius 3 is 2.70 bits per heavy atom. The van der Waals surface area contributed by atoms with Gasteiger partial charge in [-0.05, 0) is 67.4 Å². The number of imidazole rings is 1. The van der Waals surface area contributed by atoms with Crippen molar-refractivity contribution < 1.29 is 13.9 Å². The molecule has 1 unspecified atom stereocenters. The number of halogens is 1. The third-order valence-corrected chi connectivity index (χ3v) is 6.10. The van der Waals surface area contributed by atoms with Crippen LogP contribution in [0.25, 0.3) is 11.0 Å². The molecule has 1 saturated heterocycles. The molecule has 1 aliphatic rings. The van der Waals surface area contributed by atoms with Crippen LogP contribution in [0.1, 0.15) is 30.1 Å². The summed E-state index contributed by atoms with van der Waals surface area (Å²) in [5.74, 6) is 1.50. The topological polar surface area (TPSA) is 47.4 Å². The molecule has 0 radical (unpaired) electrons. The van der Waals surface area contributed by atoms with Gasteiger partial charge in [0.15, 0.2) is 0 Å². The number of benzene rings is 3. The highest BCUT2D eigenvalue weighted by Crippen LogP contribution is 2.33. The summed E-state index contributed by atoms with van der Waals surface area (Å²) in [6, 6.07) is 22.2. The fraction of sp³-hybridized carbons (Fsp3) is 0.259. The number of anilines is 1. The second-order valence-corrected chi connectivity index (χ2v) is 8.51. The van der Waals surface area contributed by atoms with Crippen molar-refractivity contribution in [3.63, 3.8) is 0 Å². The fourth-order valence-corrected chi connectivity index (χ4v) is 4.51. The quantitative estimate of drug-likeness (QED) is 0.356. The Balaban J connectivity index is 1.34. The molecule has 0 spiro atoms. The summed E-state index contributed by atoms with van der Waals surface area (Å²) in [6.07, 6.45) is 1.21. The molecular formula is C27H26FN3O2. The van der Waals surface area contributed by atoms with Gasteiger partial charge in [0.2, 0.25) is 5.91 Å². The van der Waals surface area contributed by atoms with Crippen molar-refractivity contribution in [3.8, 4) is 5.75 Å². The van der Waals surface area contributed by atoms with Gasteiger partial charge in [0, 0.05) is 31.1 Å². The van der Waals surface area contributed by atoms with Gasteiger partial charge in [0.25, 0.3) is 0 Å². The van der Waals surface area contributed by atoms with E-state index in [4.69, 9.17) is 9.72 Å². The average molecular weight is 444 g/mol. The minimum absolute atomic E-state index is 0.0207. The van der Waals surface area contributed by atoms with Crippen LogP contribution in [0.5, 0.6) is 5.75 Å². The zero-order valence-corrected chi connectivity index (χ0v) is 18.6. The SMILES string of the molecule is Cc1cccc(OCCCn2c(C3CC(=O)N(c4ccc(F)cc4)C3)nc3ccccc32)c1. The largest absolute Gasteiger partial charge is 0.494 e. The van der Waals surface area contributed by atoms with E-state index in [0.717, 1.165) is 41.3 Å². The maximum absolute atomic E-state index is 13.3. The first kappa shape index (κ1) is 21.2. The van der Waals surface area contributed by atoms with Gasteiger partial charge in [-0.2, -0.15) is 0 Å². The number of aryl methyl sites for hydroxylation is 2. The normalized spacial score (nSPS) is 16.0. The number of hydrogen-bond donors (Lipinski definition) is 0. The van der Waals surface area contributed by atoms with Crippen LogP contribution >= 0.6 is 0 Å². The first-order chi connectivity index (χ1) is 16.1. The number of rotatable bonds is 7. The third-order valence-electron chi connectivity index (χ3n) is 6.10. The van der Waals surface area contributed by atoms with Gasteiger partial charge in [-0.3, -0.25) is 4.79 Å². The van der Waals surface area contributed by atoms with Crippen LogP contribution in [0.15, 0.2) is 72.8 Å². The molecule has 1 amide bonds. The zero-order chi connectivity index (χ0) is 22.8. The van der Waals surface area contributed by atoms with Gasteiger partial charge in [-0.25, -0.2) is 9.37 Å². The van der Waals surface area contributed by atoms with Crippen molar-refractivity contribution in [3.05, 3.63) is 90.0 Å². The van der Waals surface area contributed by atoms with Crippen molar-refractivity contribution in [2.75, 3.05) is 18.1 Å². The van der Waals surface area contributed by atoms with Crippen molar-refractivity contribution >= 4 is 22.6 Å². The smallest absolute Gasteiger partial charge is 0.227 e. The van der Waals surface area contributed by atoms with E-state index >= 15 is 0 Å². The predicted octanol–water partition coefficient (Wildman–Crippen LogP) is 5.47. The van der Waals surface area contributed by atoms with Crippen molar-refractivity contribution in [2.24, 2.45) is 0 Å². The lowest BCUT2D eigenvalue weighted by atomic mass is 10.1. The summed E-state index contributed by atoms with van der Waals surface area (Å²) in [5, 5.41) is 0. The van der Waals surface area contributed by atoms with Crippen LogP contribution in [-0.4, -0.2) is 28.6 Å². The summed E-state index contributed by atoms with van der Waals surface area (Å²) in [5.41, 5.74) is 3.89.